The Labute approximate surface area is 121 Å². The first-order valence-electron chi connectivity index (χ1n) is 7.69. The third-order valence-electron chi connectivity index (χ3n) is 3.59. The molecule has 1 unspecified atom stereocenters. The predicted octanol–water partition coefficient (Wildman–Crippen LogP) is 5.22. The van der Waals surface area contributed by atoms with E-state index >= 15 is 0 Å². The highest BCUT2D eigenvalue weighted by Crippen LogP contribution is 2.17. The van der Waals surface area contributed by atoms with E-state index < -0.39 is 11.6 Å². The lowest BCUT2D eigenvalue weighted by atomic mass is 10.0. The second kappa shape index (κ2) is 9.06. The first-order valence-corrected chi connectivity index (χ1v) is 7.69. The Hall–Kier alpha value is -0.960. The van der Waals surface area contributed by atoms with Gasteiger partial charge in [-0.2, -0.15) is 0 Å². The molecule has 1 N–H and O–H groups in total. The van der Waals surface area contributed by atoms with Gasteiger partial charge in [-0.1, -0.05) is 45.6 Å². The van der Waals surface area contributed by atoms with Gasteiger partial charge in [0.25, 0.3) is 0 Å². The smallest absolute Gasteiger partial charge is 0.130 e. The maximum absolute atomic E-state index is 13.6. The van der Waals surface area contributed by atoms with Crippen molar-refractivity contribution in [3.05, 3.63) is 35.4 Å². The van der Waals surface area contributed by atoms with E-state index in [9.17, 15) is 8.78 Å². The van der Waals surface area contributed by atoms with E-state index in [4.69, 9.17) is 0 Å². The number of unbranched alkanes of at least 4 members (excludes halogenated alkanes) is 3. The quantitative estimate of drug-likeness (QED) is 0.612. The molecule has 20 heavy (non-hydrogen) atoms. The number of halogens is 2. The van der Waals surface area contributed by atoms with Crippen LogP contribution >= 0.6 is 0 Å². The molecule has 0 fully saturated rings. The molecule has 1 nitrogen and oxygen atoms in total. The summed E-state index contributed by atoms with van der Waals surface area (Å²) >= 11 is 0. The van der Waals surface area contributed by atoms with E-state index in [1.807, 2.05) is 6.92 Å². The summed E-state index contributed by atoms with van der Waals surface area (Å²) in [4.78, 5) is 0. The Morgan fingerprint density at radius 3 is 2.35 bits per heavy atom. The summed E-state index contributed by atoms with van der Waals surface area (Å²) in [6, 6.07) is 3.69. The fraction of sp³-hybridized carbons (Fsp3) is 0.647. The molecule has 3 heteroatoms. The summed E-state index contributed by atoms with van der Waals surface area (Å²) in [5.74, 6) is -0.208. The molecule has 114 valence electrons. The highest BCUT2D eigenvalue weighted by Gasteiger charge is 2.10. The van der Waals surface area contributed by atoms with Crippen molar-refractivity contribution < 1.29 is 8.78 Å². The van der Waals surface area contributed by atoms with Gasteiger partial charge < -0.3 is 5.32 Å². The molecule has 0 radical (unpaired) electrons. The lowest BCUT2D eigenvalue weighted by Gasteiger charge is -2.15. The van der Waals surface area contributed by atoms with Gasteiger partial charge >= 0.3 is 0 Å². The molecule has 0 aliphatic carbocycles. The van der Waals surface area contributed by atoms with Crippen LogP contribution in [-0.2, 0) is 0 Å². The number of hydrogen-bond donors (Lipinski definition) is 1. The fourth-order valence-corrected chi connectivity index (χ4v) is 2.31. The van der Waals surface area contributed by atoms with Crippen molar-refractivity contribution in [2.45, 2.75) is 58.9 Å². The van der Waals surface area contributed by atoms with Crippen molar-refractivity contribution in [3.8, 4) is 0 Å². The largest absolute Gasteiger partial charge is 0.310 e. The molecule has 0 heterocycles. The summed E-state index contributed by atoms with van der Waals surface area (Å²) in [6.45, 7) is 7.29. The van der Waals surface area contributed by atoms with Gasteiger partial charge in [-0.3, -0.25) is 0 Å². The third-order valence-corrected chi connectivity index (χ3v) is 3.59. The number of rotatable bonds is 9. The van der Waals surface area contributed by atoms with Gasteiger partial charge in [0.2, 0.25) is 0 Å². The number of nitrogens with one attached hydrogen (secondary N) is 1. The van der Waals surface area contributed by atoms with Crippen molar-refractivity contribution in [2.24, 2.45) is 5.92 Å². The van der Waals surface area contributed by atoms with E-state index in [-0.39, 0.29) is 6.04 Å². The molecule has 0 saturated carbocycles. The molecule has 0 aliphatic rings. The van der Waals surface area contributed by atoms with E-state index in [1.165, 1.54) is 37.8 Å². The van der Waals surface area contributed by atoms with E-state index in [0.29, 0.717) is 5.56 Å². The van der Waals surface area contributed by atoms with Gasteiger partial charge in [-0.15, -0.1) is 0 Å². The van der Waals surface area contributed by atoms with Crippen LogP contribution in [0.15, 0.2) is 18.2 Å². The van der Waals surface area contributed by atoms with Crippen LogP contribution in [0.2, 0.25) is 0 Å². The summed E-state index contributed by atoms with van der Waals surface area (Å²) in [5, 5.41) is 3.30. The lowest BCUT2D eigenvalue weighted by molar-refractivity contribution is 0.487. The van der Waals surface area contributed by atoms with Crippen molar-refractivity contribution in [2.75, 3.05) is 6.54 Å². The van der Waals surface area contributed by atoms with Crippen molar-refractivity contribution in [1.82, 2.24) is 5.32 Å². The summed E-state index contributed by atoms with van der Waals surface area (Å²) in [7, 11) is 0. The zero-order chi connectivity index (χ0) is 15.0. The van der Waals surface area contributed by atoms with Gasteiger partial charge in [0.05, 0.1) is 0 Å². The zero-order valence-electron chi connectivity index (χ0n) is 12.9. The maximum Gasteiger partial charge on any atom is 0.130 e. The van der Waals surface area contributed by atoms with E-state index in [0.717, 1.165) is 24.9 Å². The Morgan fingerprint density at radius 1 is 1.00 bits per heavy atom. The van der Waals surface area contributed by atoms with Crippen LogP contribution in [0, 0.1) is 17.6 Å². The minimum Gasteiger partial charge on any atom is -0.310 e. The van der Waals surface area contributed by atoms with Gasteiger partial charge in [0.15, 0.2) is 0 Å². The standard InChI is InChI=1S/C17H27F2N/c1-13(2)8-6-4-5-7-11-20-14(3)16-10-9-15(18)12-17(16)19/h9-10,12-14,20H,4-8,11H2,1-3H3. The highest BCUT2D eigenvalue weighted by molar-refractivity contribution is 5.21. The van der Waals surface area contributed by atoms with Gasteiger partial charge in [-0.25, -0.2) is 8.78 Å². The third kappa shape index (κ3) is 6.47. The minimum atomic E-state index is -0.524. The Bertz CT molecular complexity index is 391. The summed E-state index contributed by atoms with van der Waals surface area (Å²) in [5.41, 5.74) is 0.534. The van der Waals surface area contributed by atoms with Crippen LogP contribution in [-0.4, -0.2) is 6.54 Å². The number of benzene rings is 1. The first kappa shape index (κ1) is 17.1. The monoisotopic (exact) mass is 283 g/mol. The Kier molecular flexibility index (Phi) is 7.75. The fourth-order valence-electron chi connectivity index (χ4n) is 2.31. The van der Waals surface area contributed by atoms with Crippen LogP contribution < -0.4 is 5.32 Å². The molecule has 0 bridgehead atoms. The van der Waals surface area contributed by atoms with E-state index in [1.54, 1.807) is 0 Å². The van der Waals surface area contributed by atoms with Gasteiger partial charge in [0, 0.05) is 17.7 Å². The minimum absolute atomic E-state index is 0.0775. The molecule has 0 spiro atoms. The van der Waals surface area contributed by atoms with Crippen LogP contribution in [0.1, 0.15) is 64.5 Å². The number of hydrogen-bond acceptors (Lipinski definition) is 1. The van der Waals surface area contributed by atoms with Crippen molar-refractivity contribution >= 4 is 0 Å². The molecular formula is C17H27F2N. The molecule has 1 aromatic rings. The topological polar surface area (TPSA) is 12.0 Å². The molecular weight excluding hydrogens is 256 g/mol. The Morgan fingerprint density at radius 2 is 1.70 bits per heavy atom. The molecule has 0 amide bonds. The van der Waals surface area contributed by atoms with Crippen molar-refractivity contribution in [3.63, 3.8) is 0 Å². The van der Waals surface area contributed by atoms with Crippen LogP contribution in [0.5, 0.6) is 0 Å². The zero-order valence-corrected chi connectivity index (χ0v) is 12.9. The normalized spacial score (nSPS) is 12.9. The molecule has 1 aromatic carbocycles. The SMILES string of the molecule is CC(C)CCCCCCNC(C)c1ccc(F)cc1F. The van der Waals surface area contributed by atoms with Crippen molar-refractivity contribution in [1.29, 1.82) is 0 Å². The highest BCUT2D eigenvalue weighted by atomic mass is 19.1. The van der Waals surface area contributed by atoms with Crippen LogP contribution in [0.25, 0.3) is 0 Å². The molecule has 1 rings (SSSR count). The molecule has 0 aromatic heterocycles. The summed E-state index contributed by atoms with van der Waals surface area (Å²) < 4.78 is 26.4. The maximum atomic E-state index is 13.6. The average molecular weight is 283 g/mol. The first-order chi connectivity index (χ1) is 9.50. The van der Waals surface area contributed by atoms with E-state index in [2.05, 4.69) is 19.2 Å². The Balaban J connectivity index is 2.18. The average Bonchev–Trinajstić information content (AvgIpc) is 2.37. The second-order valence-electron chi connectivity index (χ2n) is 5.94. The van der Waals surface area contributed by atoms with Crippen LogP contribution in [0.4, 0.5) is 8.78 Å². The van der Waals surface area contributed by atoms with Gasteiger partial charge in [-0.05, 0) is 31.9 Å². The van der Waals surface area contributed by atoms with Gasteiger partial charge in [0.1, 0.15) is 11.6 Å². The van der Waals surface area contributed by atoms with Crippen LogP contribution in [0.3, 0.4) is 0 Å². The molecule has 0 saturated heterocycles. The molecule has 0 aliphatic heterocycles. The second-order valence-corrected chi connectivity index (χ2v) is 5.94. The summed E-state index contributed by atoms with van der Waals surface area (Å²) in [6.07, 6.45) is 6.16. The lowest BCUT2D eigenvalue weighted by Crippen LogP contribution is -2.20. The molecule has 1 atom stereocenters. The predicted molar refractivity (Wildman–Crippen MR) is 80.7 cm³/mol.